The second-order valence-corrected chi connectivity index (χ2v) is 5.14. The molecule has 0 spiro atoms. The molecule has 0 bridgehead atoms. The molecule has 1 N–H and O–H groups in total. The minimum atomic E-state index is 0.445. The smallest absolute Gasteiger partial charge is 0.204 e. The average molecular weight is 262 g/mol. The fourth-order valence-electron chi connectivity index (χ4n) is 1.96. The monoisotopic (exact) mass is 261 g/mol. The highest BCUT2D eigenvalue weighted by Crippen LogP contribution is 2.28. The van der Waals surface area contributed by atoms with Crippen LogP contribution in [0.4, 0.5) is 0 Å². The Balaban J connectivity index is 1.75. The summed E-state index contributed by atoms with van der Waals surface area (Å²) in [6, 6.07) is 0. The molecule has 1 saturated carbocycles. The summed E-state index contributed by atoms with van der Waals surface area (Å²) in [4.78, 5) is 4.01. The van der Waals surface area contributed by atoms with Crippen LogP contribution in [0.15, 0.2) is 0 Å². The summed E-state index contributed by atoms with van der Waals surface area (Å²) in [6.45, 7) is 1.78. The molecule has 2 rings (SSSR count). The van der Waals surface area contributed by atoms with Crippen LogP contribution >= 0.6 is 23.2 Å². The highest BCUT2D eigenvalue weighted by atomic mass is 35.5. The lowest BCUT2D eigenvalue weighted by molar-refractivity contribution is 0.292. The number of hydrogen-bond acceptors (Lipinski definition) is 2. The number of nitrogens with one attached hydrogen (secondary N) is 1. The van der Waals surface area contributed by atoms with Crippen molar-refractivity contribution < 1.29 is 0 Å². The normalized spacial score (nSPS) is 16.4. The topological polar surface area (TPSA) is 29.9 Å². The van der Waals surface area contributed by atoms with Gasteiger partial charge in [0, 0.05) is 13.6 Å². The zero-order chi connectivity index (χ0) is 11.5. The molecule has 5 heteroatoms. The maximum Gasteiger partial charge on any atom is 0.204 e. The number of hydrogen-bond donors (Lipinski definition) is 1. The Bertz CT molecular complexity index is 358. The lowest BCUT2D eigenvalue weighted by atomic mass is 9.83. The summed E-state index contributed by atoms with van der Waals surface area (Å²) < 4.78 is 1.82. The van der Waals surface area contributed by atoms with E-state index in [9.17, 15) is 0 Å². The van der Waals surface area contributed by atoms with E-state index in [1.807, 2.05) is 11.6 Å². The van der Waals surface area contributed by atoms with Gasteiger partial charge in [-0.15, -0.1) is 0 Å². The van der Waals surface area contributed by atoms with Gasteiger partial charge < -0.3 is 9.88 Å². The van der Waals surface area contributed by atoms with Crippen molar-refractivity contribution in [3.63, 3.8) is 0 Å². The fraction of sp³-hybridized carbons (Fsp3) is 0.727. The largest absolute Gasteiger partial charge is 0.319 e. The number of nitrogens with zero attached hydrogens (tertiary/aromatic N) is 2. The van der Waals surface area contributed by atoms with Crippen LogP contribution in [0, 0.1) is 5.92 Å². The Kier molecular flexibility index (Phi) is 4.11. The van der Waals surface area contributed by atoms with Crippen LogP contribution in [0.3, 0.4) is 0 Å². The van der Waals surface area contributed by atoms with Crippen LogP contribution in [-0.2, 0) is 13.6 Å². The maximum atomic E-state index is 5.97. The van der Waals surface area contributed by atoms with Crippen molar-refractivity contribution >= 4 is 23.2 Å². The summed E-state index contributed by atoms with van der Waals surface area (Å²) in [5, 5.41) is 4.34. The van der Waals surface area contributed by atoms with Crippen molar-refractivity contribution in [1.82, 2.24) is 14.9 Å². The molecule has 90 valence electrons. The summed E-state index contributed by atoms with van der Waals surface area (Å²) >= 11 is 11.8. The minimum Gasteiger partial charge on any atom is -0.319 e. The van der Waals surface area contributed by atoms with Crippen molar-refractivity contribution in [2.45, 2.75) is 32.2 Å². The molecule has 0 aliphatic heterocycles. The van der Waals surface area contributed by atoms with Crippen molar-refractivity contribution in [3.05, 3.63) is 16.1 Å². The number of imidazole rings is 1. The molecule has 0 radical (unpaired) electrons. The summed E-state index contributed by atoms with van der Waals surface area (Å²) in [6.07, 6.45) is 5.48. The van der Waals surface area contributed by atoms with E-state index in [0.29, 0.717) is 10.4 Å². The van der Waals surface area contributed by atoms with Crippen LogP contribution in [-0.4, -0.2) is 16.1 Å². The molecule has 1 heterocycles. The Morgan fingerprint density at radius 1 is 1.44 bits per heavy atom. The number of rotatable bonds is 5. The summed E-state index contributed by atoms with van der Waals surface area (Å²) in [5.74, 6) is 0.943. The average Bonchev–Trinajstić information content (AvgIpc) is 2.41. The third kappa shape index (κ3) is 2.70. The van der Waals surface area contributed by atoms with E-state index < -0.39 is 0 Å². The van der Waals surface area contributed by atoms with Gasteiger partial charge in [0.2, 0.25) is 5.28 Å². The SMILES string of the molecule is Cn1c(Cl)nc(Cl)c1CNCCC1CCC1. The Morgan fingerprint density at radius 2 is 2.19 bits per heavy atom. The van der Waals surface area contributed by atoms with Crippen LogP contribution < -0.4 is 5.32 Å². The first-order chi connectivity index (χ1) is 7.68. The first kappa shape index (κ1) is 12.2. The second-order valence-electron chi connectivity index (χ2n) is 4.44. The number of aromatic nitrogens is 2. The van der Waals surface area contributed by atoms with E-state index in [2.05, 4.69) is 10.3 Å². The highest BCUT2D eigenvalue weighted by molar-refractivity contribution is 6.32. The van der Waals surface area contributed by atoms with Crippen molar-refractivity contribution in [2.75, 3.05) is 6.54 Å². The molecular weight excluding hydrogens is 245 g/mol. The highest BCUT2D eigenvalue weighted by Gasteiger charge is 2.16. The molecule has 0 atom stereocenters. The second kappa shape index (κ2) is 5.39. The van der Waals surface area contributed by atoms with Crippen LogP contribution in [0.5, 0.6) is 0 Å². The summed E-state index contributed by atoms with van der Waals surface area (Å²) in [7, 11) is 1.88. The molecule has 0 aromatic carbocycles. The van der Waals surface area contributed by atoms with E-state index in [-0.39, 0.29) is 0 Å². The molecule has 3 nitrogen and oxygen atoms in total. The molecular formula is C11H17Cl2N3. The van der Waals surface area contributed by atoms with Crippen molar-refractivity contribution in [2.24, 2.45) is 13.0 Å². The molecule has 1 aliphatic rings. The van der Waals surface area contributed by atoms with E-state index >= 15 is 0 Å². The Labute approximate surface area is 106 Å². The van der Waals surface area contributed by atoms with Gasteiger partial charge in [0.05, 0.1) is 5.69 Å². The standard InChI is InChI=1S/C11H17Cl2N3/c1-16-9(10(12)15-11(16)13)7-14-6-5-8-3-2-4-8/h8,14H,2-7H2,1H3. The van der Waals surface area contributed by atoms with Gasteiger partial charge in [-0.05, 0) is 30.5 Å². The lowest BCUT2D eigenvalue weighted by Crippen LogP contribution is -2.22. The Hall–Kier alpha value is -0.250. The zero-order valence-electron chi connectivity index (χ0n) is 9.47. The van der Waals surface area contributed by atoms with Gasteiger partial charge in [-0.1, -0.05) is 30.9 Å². The summed E-state index contributed by atoms with van der Waals surface area (Å²) in [5.41, 5.74) is 0.959. The third-order valence-corrected chi connectivity index (χ3v) is 4.00. The molecule has 0 unspecified atom stereocenters. The maximum absolute atomic E-state index is 5.97. The first-order valence-electron chi connectivity index (χ1n) is 5.76. The minimum absolute atomic E-state index is 0.445. The Morgan fingerprint density at radius 3 is 2.69 bits per heavy atom. The molecule has 0 amide bonds. The zero-order valence-corrected chi connectivity index (χ0v) is 11.0. The van der Waals surface area contributed by atoms with Crippen LogP contribution in [0.25, 0.3) is 0 Å². The molecule has 1 aromatic heterocycles. The van der Waals surface area contributed by atoms with Gasteiger partial charge in [0.25, 0.3) is 0 Å². The predicted octanol–water partition coefficient (Wildman–Crippen LogP) is 3.01. The first-order valence-corrected chi connectivity index (χ1v) is 6.51. The predicted molar refractivity (Wildman–Crippen MR) is 66.9 cm³/mol. The molecule has 0 saturated heterocycles. The van der Waals surface area contributed by atoms with Crippen LogP contribution in [0.2, 0.25) is 10.4 Å². The van der Waals surface area contributed by atoms with Gasteiger partial charge in [-0.25, -0.2) is 4.98 Å². The van der Waals surface area contributed by atoms with Gasteiger partial charge in [-0.2, -0.15) is 0 Å². The molecule has 1 aromatic rings. The van der Waals surface area contributed by atoms with E-state index in [1.54, 1.807) is 0 Å². The molecule has 16 heavy (non-hydrogen) atoms. The van der Waals surface area contributed by atoms with Gasteiger partial charge in [0.15, 0.2) is 5.15 Å². The fourth-order valence-corrected chi connectivity index (χ4v) is 2.46. The third-order valence-electron chi connectivity index (χ3n) is 3.36. The number of halogens is 2. The quantitative estimate of drug-likeness (QED) is 0.827. The van der Waals surface area contributed by atoms with Crippen molar-refractivity contribution in [1.29, 1.82) is 0 Å². The van der Waals surface area contributed by atoms with Gasteiger partial charge in [-0.3, -0.25) is 0 Å². The van der Waals surface area contributed by atoms with Gasteiger partial charge in [0.1, 0.15) is 0 Å². The molecule has 1 fully saturated rings. The van der Waals surface area contributed by atoms with E-state index in [0.717, 1.165) is 24.7 Å². The molecule has 1 aliphatic carbocycles. The van der Waals surface area contributed by atoms with Crippen LogP contribution in [0.1, 0.15) is 31.4 Å². The van der Waals surface area contributed by atoms with E-state index in [4.69, 9.17) is 23.2 Å². The van der Waals surface area contributed by atoms with Crippen molar-refractivity contribution in [3.8, 4) is 0 Å². The van der Waals surface area contributed by atoms with E-state index in [1.165, 1.54) is 25.7 Å². The van der Waals surface area contributed by atoms with Gasteiger partial charge >= 0.3 is 0 Å². The lowest BCUT2D eigenvalue weighted by Gasteiger charge is -2.25.